The van der Waals surface area contributed by atoms with Crippen LogP contribution in [-0.4, -0.2) is 23.6 Å². The Morgan fingerprint density at radius 2 is 1.68 bits per heavy atom. The third kappa shape index (κ3) is 4.77. The fourth-order valence-corrected chi connectivity index (χ4v) is 3.29. The predicted octanol–water partition coefficient (Wildman–Crippen LogP) is 4.68. The molecule has 4 heteroatoms. The topological polar surface area (TPSA) is 60.4 Å². The highest BCUT2D eigenvalue weighted by Gasteiger charge is 2.42. The molecule has 0 fully saturated rings. The molecule has 1 aliphatic rings. The Balaban J connectivity index is 2.03. The van der Waals surface area contributed by atoms with E-state index in [1.165, 1.54) is 25.7 Å². The number of hydrogen-bond donors (Lipinski definition) is 0. The molecule has 1 unspecified atom stereocenters. The number of unbranched alkanes of at least 4 members (excludes halogenated alkanes) is 5. The van der Waals surface area contributed by atoms with Crippen LogP contribution in [-0.2, 0) is 16.0 Å². The Labute approximate surface area is 149 Å². The van der Waals surface area contributed by atoms with Gasteiger partial charge in [0.15, 0.2) is 0 Å². The molecular weight excluding hydrogens is 316 g/mol. The van der Waals surface area contributed by atoms with Gasteiger partial charge in [0.2, 0.25) is 17.7 Å². The number of carbonyl (C=O) groups is 3. The van der Waals surface area contributed by atoms with Crippen LogP contribution in [0.3, 0.4) is 0 Å². The number of aryl methyl sites for hydroxylation is 1. The van der Waals surface area contributed by atoms with E-state index >= 15 is 0 Å². The van der Waals surface area contributed by atoms with E-state index in [0.29, 0.717) is 17.5 Å². The van der Waals surface area contributed by atoms with Crippen molar-refractivity contribution >= 4 is 17.5 Å². The molecule has 1 aromatic carbocycles. The molecule has 0 N–H and O–H groups in total. The van der Waals surface area contributed by atoms with Gasteiger partial charge in [0.05, 0.1) is 0 Å². The quantitative estimate of drug-likeness (QED) is 0.351. The van der Waals surface area contributed by atoms with E-state index in [-0.39, 0.29) is 18.0 Å². The Morgan fingerprint density at radius 3 is 2.40 bits per heavy atom. The highest BCUT2D eigenvalue weighted by molar-refractivity contribution is 6.29. The summed E-state index contributed by atoms with van der Waals surface area (Å²) in [7, 11) is 0. The summed E-state index contributed by atoms with van der Waals surface area (Å²) in [6, 6.07) is 5.38. The lowest BCUT2D eigenvalue weighted by molar-refractivity contribution is -0.145. The molecule has 25 heavy (non-hydrogen) atoms. The molecule has 0 bridgehead atoms. The van der Waals surface area contributed by atoms with Crippen LogP contribution in [0.2, 0.25) is 0 Å². The van der Waals surface area contributed by atoms with Crippen LogP contribution >= 0.6 is 0 Å². The first-order chi connectivity index (χ1) is 12.1. The molecule has 1 aromatic rings. The molecule has 0 spiro atoms. The molecule has 0 aliphatic heterocycles. The van der Waals surface area contributed by atoms with Crippen molar-refractivity contribution in [2.45, 2.75) is 77.7 Å². The van der Waals surface area contributed by atoms with Gasteiger partial charge in [-0.3, -0.25) is 14.4 Å². The van der Waals surface area contributed by atoms with Gasteiger partial charge < -0.3 is 4.74 Å². The summed E-state index contributed by atoms with van der Waals surface area (Å²) in [6.45, 7) is 4.05. The first-order valence-corrected chi connectivity index (χ1v) is 9.49. The lowest BCUT2D eigenvalue weighted by Crippen LogP contribution is -2.28. The minimum absolute atomic E-state index is 0.220. The second-order valence-electron chi connectivity index (χ2n) is 6.71. The van der Waals surface area contributed by atoms with Crippen LogP contribution in [0.25, 0.3) is 0 Å². The first-order valence-electron chi connectivity index (χ1n) is 9.49. The fourth-order valence-electron chi connectivity index (χ4n) is 3.29. The molecule has 2 rings (SSSR count). The zero-order valence-electron chi connectivity index (χ0n) is 15.3. The normalized spacial score (nSPS) is 16.2. The van der Waals surface area contributed by atoms with Crippen molar-refractivity contribution in [3.8, 4) is 0 Å². The van der Waals surface area contributed by atoms with E-state index in [1.54, 1.807) is 6.07 Å². The number of ether oxygens (including phenoxy) is 1. The average molecular weight is 344 g/mol. The number of ketones is 2. The second-order valence-corrected chi connectivity index (χ2v) is 6.71. The SMILES string of the molecule is CCCCCCCCc1cccc2c1C(=O)C(OC(=O)CCC)C2=O. The molecule has 0 saturated heterocycles. The summed E-state index contributed by atoms with van der Waals surface area (Å²) in [5, 5.41) is 0. The molecule has 0 aromatic heterocycles. The van der Waals surface area contributed by atoms with Gasteiger partial charge in [-0.1, -0.05) is 64.2 Å². The lowest BCUT2D eigenvalue weighted by Gasteiger charge is -2.09. The van der Waals surface area contributed by atoms with E-state index < -0.39 is 12.1 Å². The van der Waals surface area contributed by atoms with Crippen molar-refractivity contribution in [3.63, 3.8) is 0 Å². The average Bonchev–Trinajstić information content (AvgIpc) is 2.84. The zero-order valence-corrected chi connectivity index (χ0v) is 15.3. The van der Waals surface area contributed by atoms with Crippen LogP contribution in [0.5, 0.6) is 0 Å². The van der Waals surface area contributed by atoms with Crippen molar-refractivity contribution < 1.29 is 19.1 Å². The molecule has 1 aliphatic carbocycles. The molecule has 0 heterocycles. The highest BCUT2D eigenvalue weighted by Crippen LogP contribution is 2.29. The third-order valence-corrected chi connectivity index (χ3v) is 4.64. The highest BCUT2D eigenvalue weighted by atomic mass is 16.5. The number of esters is 1. The van der Waals surface area contributed by atoms with E-state index in [2.05, 4.69) is 6.92 Å². The van der Waals surface area contributed by atoms with Gasteiger partial charge in [-0.25, -0.2) is 0 Å². The van der Waals surface area contributed by atoms with E-state index in [4.69, 9.17) is 4.74 Å². The second kappa shape index (κ2) is 9.50. The number of Topliss-reactive ketones (excluding diaryl/α,β-unsaturated/α-hetero) is 2. The van der Waals surface area contributed by atoms with Crippen molar-refractivity contribution in [2.24, 2.45) is 0 Å². The van der Waals surface area contributed by atoms with Crippen molar-refractivity contribution in [1.29, 1.82) is 0 Å². The molecular formula is C21H28O4. The molecule has 1 atom stereocenters. The van der Waals surface area contributed by atoms with Crippen LogP contribution in [0.15, 0.2) is 18.2 Å². The Hall–Kier alpha value is -1.97. The monoisotopic (exact) mass is 344 g/mol. The molecule has 4 nitrogen and oxygen atoms in total. The van der Waals surface area contributed by atoms with E-state index in [9.17, 15) is 14.4 Å². The smallest absolute Gasteiger partial charge is 0.306 e. The minimum Gasteiger partial charge on any atom is -0.445 e. The van der Waals surface area contributed by atoms with Crippen LogP contribution in [0.4, 0.5) is 0 Å². The summed E-state index contributed by atoms with van der Waals surface area (Å²) >= 11 is 0. The Kier molecular flexibility index (Phi) is 7.35. The van der Waals surface area contributed by atoms with Crippen molar-refractivity contribution in [1.82, 2.24) is 0 Å². The number of benzene rings is 1. The summed E-state index contributed by atoms with van der Waals surface area (Å²) in [5.74, 6) is -1.22. The number of fused-ring (bicyclic) bond motifs is 1. The largest absolute Gasteiger partial charge is 0.445 e. The van der Waals surface area contributed by atoms with Gasteiger partial charge in [-0.05, 0) is 24.8 Å². The summed E-state index contributed by atoms with van der Waals surface area (Å²) < 4.78 is 5.15. The van der Waals surface area contributed by atoms with Crippen molar-refractivity contribution in [3.05, 3.63) is 34.9 Å². The third-order valence-electron chi connectivity index (χ3n) is 4.64. The summed E-state index contributed by atoms with van der Waals surface area (Å²) in [4.78, 5) is 36.8. The lowest BCUT2D eigenvalue weighted by atomic mass is 9.97. The zero-order chi connectivity index (χ0) is 18.2. The summed E-state index contributed by atoms with van der Waals surface area (Å²) in [5.41, 5.74) is 1.78. The minimum atomic E-state index is -1.28. The summed E-state index contributed by atoms with van der Waals surface area (Å²) in [6.07, 6.45) is 7.41. The maximum Gasteiger partial charge on any atom is 0.306 e. The van der Waals surface area contributed by atoms with Gasteiger partial charge in [0.25, 0.3) is 0 Å². The molecule has 0 radical (unpaired) electrons. The maximum absolute atomic E-state index is 12.6. The van der Waals surface area contributed by atoms with Gasteiger partial charge in [0, 0.05) is 17.5 Å². The first kappa shape index (κ1) is 19.4. The van der Waals surface area contributed by atoms with Crippen molar-refractivity contribution in [2.75, 3.05) is 0 Å². The van der Waals surface area contributed by atoms with Gasteiger partial charge in [-0.2, -0.15) is 0 Å². The van der Waals surface area contributed by atoms with E-state index in [0.717, 1.165) is 24.8 Å². The molecule has 0 saturated carbocycles. The fraction of sp³-hybridized carbons (Fsp3) is 0.571. The van der Waals surface area contributed by atoms with E-state index in [1.807, 2.05) is 19.1 Å². The van der Waals surface area contributed by atoms with Gasteiger partial charge >= 0.3 is 5.97 Å². The van der Waals surface area contributed by atoms with Gasteiger partial charge in [-0.15, -0.1) is 0 Å². The Morgan fingerprint density at radius 1 is 0.960 bits per heavy atom. The molecule has 0 amide bonds. The Bertz CT molecular complexity index is 633. The number of hydrogen-bond acceptors (Lipinski definition) is 4. The number of rotatable bonds is 10. The van der Waals surface area contributed by atoms with Crippen LogP contribution in [0.1, 0.15) is 91.5 Å². The maximum atomic E-state index is 12.6. The standard InChI is InChI=1S/C21H28O4/c1-3-5-6-7-8-9-12-15-13-10-14-16-18(15)20(24)21(19(16)23)25-17(22)11-4-2/h10,13-14,21H,3-9,11-12H2,1-2H3. The van der Waals surface area contributed by atoms with Crippen LogP contribution < -0.4 is 0 Å². The number of carbonyl (C=O) groups excluding carboxylic acids is 3. The predicted molar refractivity (Wildman–Crippen MR) is 97.0 cm³/mol. The van der Waals surface area contributed by atoms with Crippen LogP contribution in [0, 0.1) is 0 Å². The molecule has 136 valence electrons. The van der Waals surface area contributed by atoms with Gasteiger partial charge in [0.1, 0.15) is 0 Å².